The molecule has 0 unspecified atom stereocenters. The zero-order chi connectivity index (χ0) is 15.6. The van der Waals surface area contributed by atoms with Crippen LogP contribution in [0.1, 0.15) is 29.9 Å². The Labute approximate surface area is 135 Å². The quantitative estimate of drug-likeness (QED) is 0.739. The van der Waals surface area contributed by atoms with E-state index in [1.54, 1.807) is 6.20 Å². The van der Waals surface area contributed by atoms with E-state index in [0.717, 1.165) is 43.0 Å². The third-order valence-electron chi connectivity index (χ3n) is 4.66. The second-order valence-electron chi connectivity index (χ2n) is 5.95. The lowest BCUT2D eigenvalue weighted by Gasteiger charge is -2.32. The highest BCUT2D eigenvalue weighted by molar-refractivity contribution is 5.80. The Morgan fingerprint density at radius 2 is 2.04 bits per heavy atom. The maximum atomic E-state index is 5.38. The van der Waals surface area contributed by atoms with Gasteiger partial charge in [-0.25, -0.2) is 9.97 Å². The summed E-state index contributed by atoms with van der Waals surface area (Å²) in [6.45, 7) is 2.03. The minimum absolute atomic E-state index is 0.578. The van der Waals surface area contributed by atoms with E-state index < -0.39 is 0 Å². The van der Waals surface area contributed by atoms with Gasteiger partial charge in [0.05, 0.1) is 0 Å². The molecule has 0 spiro atoms. The average Bonchev–Trinajstić information content (AvgIpc) is 3.06. The van der Waals surface area contributed by atoms with Crippen LogP contribution < -0.4 is 4.90 Å². The number of hydrogen-bond acceptors (Lipinski definition) is 3. The average molecular weight is 302 g/mol. The molecule has 3 aromatic rings. The number of pyridine rings is 2. The molecule has 4 heterocycles. The van der Waals surface area contributed by atoms with Crippen LogP contribution in [0.2, 0.25) is 0 Å². The Morgan fingerprint density at radius 3 is 2.78 bits per heavy atom. The zero-order valence-corrected chi connectivity index (χ0v) is 12.9. The van der Waals surface area contributed by atoms with E-state index in [4.69, 9.17) is 6.42 Å². The molecule has 1 aliphatic rings. The molecule has 23 heavy (non-hydrogen) atoms. The van der Waals surface area contributed by atoms with E-state index >= 15 is 0 Å². The number of anilines is 1. The summed E-state index contributed by atoms with van der Waals surface area (Å²) in [7, 11) is 0. The number of fused-ring (bicyclic) bond motifs is 1. The third kappa shape index (κ3) is 2.55. The standard InChI is InChI=1S/C19H18N4/c1-2-14-5-6-18(21-12-14)23-10-7-15(8-11-23)17-13-22-19-16(17)4-3-9-20-19/h1,3-6,9,12-13,15H,7-8,10-11H2,(H,20,22). The van der Waals surface area contributed by atoms with Gasteiger partial charge < -0.3 is 9.88 Å². The SMILES string of the molecule is C#Cc1ccc(N2CCC(c3c[nH]c4ncccc34)CC2)nc1. The summed E-state index contributed by atoms with van der Waals surface area (Å²) in [5.74, 6) is 4.20. The first-order valence-corrected chi connectivity index (χ1v) is 7.95. The number of terminal acetylenes is 1. The zero-order valence-electron chi connectivity index (χ0n) is 12.9. The van der Waals surface area contributed by atoms with Gasteiger partial charge in [0.25, 0.3) is 0 Å². The van der Waals surface area contributed by atoms with Crippen molar-refractivity contribution in [1.82, 2.24) is 15.0 Å². The van der Waals surface area contributed by atoms with Gasteiger partial charge in [0, 0.05) is 42.6 Å². The minimum atomic E-state index is 0.578. The van der Waals surface area contributed by atoms with Crippen molar-refractivity contribution in [3.8, 4) is 12.3 Å². The second-order valence-corrected chi connectivity index (χ2v) is 5.95. The van der Waals surface area contributed by atoms with Crippen molar-refractivity contribution in [2.75, 3.05) is 18.0 Å². The molecule has 1 fully saturated rings. The van der Waals surface area contributed by atoms with Crippen LogP contribution in [-0.2, 0) is 0 Å². The summed E-state index contributed by atoms with van der Waals surface area (Å²) >= 11 is 0. The summed E-state index contributed by atoms with van der Waals surface area (Å²) in [5.41, 5.74) is 3.20. The highest BCUT2D eigenvalue weighted by Gasteiger charge is 2.23. The molecule has 0 saturated carbocycles. The van der Waals surface area contributed by atoms with E-state index in [1.165, 1.54) is 10.9 Å². The van der Waals surface area contributed by atoms with Crippen LogP contribution in [0.3, 0.4) is 0 Å². The van der Waals surface area contributed by atoms with Crippen molar-refractivity contribution >= 4 is 16.9 Å². The first-order chi connectivity index (χ1) is 11.3. The second kappa shape index (κ2) is 5.77. The lowest BCUT2D eigenvalue weighted by Crippen LogP contribution is -2.33. The number of hydrogen-bond donors (Lipinski definition) is 1. The summed E-state index contributed by atoms with van der Waals surface area (Å²) in [4.78, 5) is 14.5. The minimum Gasteiger partial charge on any atom is -0.357 e. The highest BCUT2D eigenvalue weighted by Crippen LogP contribution is 2.33. The molecule has 0 atom stereocenters. The number of rotatable bonds is 2. The fourth-order valence-corrected chi connectivity index (χ4v) is 3.39. The van der Waals surface area contributed by atoms with Gasteiger partial charge in [-0.1, -0.05) is 5.92 Å². The van der Waals surface area contributed by atoms with Gasteiger partial charge in [0.1, 0.15) is 11.5 Å². The summed E-state index contributed by atoms with van der Waals surface area (Å²) < 4.78 is 0. The number of nitrogens with one attached hydrogen (secondary N) is 1. The number of aromatic nitrogens is 3. The summed E-state index contributed by atoms with van der Waals surface area (Å²) in [5, 5.41) is 1.25. The van der Waals surface area contributed by atoms with Crippen LogP contribution in [-0.4, -0.2) is 28.0 Å². The Balaban J connectivity index is 1.49. The predicted molar refractivity (Wildman–Crippen MR) is 92.5 cm³/mol. The Kier molecular flexibility index (Phi) is 3.47. The molecule has 1 N–H and O–H groups in total. The lowest BCUT2D eigenvalue weighted by molar-refractivity contribution is 0.505. The highest BCUT2D eigenvalue weighted by atomic mass is 15.2. The van der Waals surface area contributed by atoms with Gasteiger partial charge in [-0.2, -0.15) is 0 Å². The lowest BCUT2D eigenvalue weighted by atomic mass is 9.89. The fourth-order valence-electron chi connectivity index (χ4n) is 3.39. The molecule has 0 aromatic carbocycles. The monoisotopic (exact) mass is 302 g/mol. The number of piperidine rings is 1. The summed E-state index contributed by atoms with van der Waals surface area (Å²) in [6, 6.07) is 8.14. The molecule has 1 aliphatic heterocycles. The van der Waals surface area contributed by atoms with E-state index in [1.807, 2.05) is 24.4 Å². The van der Waals surface area contributed by atoms with Crippen molar-refractivity contribution < 1.29 is 0 Å². The van der Waals surface area contributed by atoms with Gasteiger partial charge in [0.2, 0.25) is 0 Å². The molecule has 3 aromatic heterocycles. The molecule has 0 aliphatic carbocycles. The van der Waals surface area contributed by atoms with Crippen LogP contribution in [0.4, 0.5) is 5.82 Å². The normalized spacial score (nSPS) is 15.7. The largest absolute Gasteiger partial charge is 0.357 e. The number of aromatic amines is 1. The molecule has 114 valence electrons. The number of H-pyrrole nitrogens is 1. The van der Waals surface area contributed by atoms with Gasteiger partial charge in [0.15, 0.2) is 0 Å². The maximum absolute atomic E-state index is 5.38. The van der Waals surface area contributed by atoms with Crippen molar-refractivity contribution in [1.29, 1.82) is 0 Å². The molecule has 1 saturated heterocycles. The van der Waals surface area contributed by atoms with Gasteiger partial charge in [-0.3, -0.25) is 0 Å². The van der Waals surface area contributed by atoms with E-state index in [2.05, 4.69) is 38.0 Å². The Morgan fingerprint density at radius 1 is 1.17 bits per heavy atom. The molecule has 4 heteroatoms. The van der Waals surface area contributed by atoms with E-state index in [0.29, 0.717) is 5.92 Å². The number of nitrogens with zero attached hydrogens (tertiary/aromatic N) is 3. The van der Waals surface area contributed by atoms with Crippen molar-refractivity contribution in [2.45, 2.75) is 18.8 Å². The summed E-state index contributed by atoms with van der Waals surface area (Å²) in [6.07, 6.45) is 13.4. The van der Waals surface area contributed by atoms with Crippen LogP contribution in [0.25, 0.3) is 11.0 Å². The van der Waals surface area contributed by atoms with Crippen LogP contribution in [0, 0.1) is 12.3 Å². The van der Waals surface area contributed by atoms with E-state index in [9.17, 15) is 0 Å². The van der Waals surface area contributed by atoms with Crippen molar-refractivity contribution in [3.05, 3.63) is 54.0 Å². The predicted octanol–water partition coefficient (Wildman–Crippen LogP) is 3.32. The topological polar surface area (TPSA) is 44.8 Å². The van der Waals surface area contributed by atoms with Crippen molar-refractivity contribution in [3.63, 3.8) is 0 Å². The van der Waals surface area contributed by atoms with Gasteiger partial charge in [-0.05, 0) is 48.6 Å². The molecule has 4 rings (SSSR count). The smallest absolute Gasteiger partial charge is 0.137 e. The van der Waals surface area contributed by atoms with Gasteiger partial charge in [-0.15, -0.1) is 6.42 Å². The van der Waals surface area contributed by atoms with E-state index in [-0.39, 0.29) is 0 Å². The third-order valence-corrected chi connectivity index (χ3v) is 4.66. The van der Waals surface area contributed by atoms with Gasteiger partial charge >= 0.3 is 0 Å². The first-order valence-electron chi connectivity index (χ1n) is 7.95. The van der Waals surface area contributed by atoms with Crippen molar-refractivity contribution in [2.24, 2.45) is 0 Å². The molecular formula is C19H18N4. The first kappa shape index (κ1) is 13.8. The molecule has 0 amide bonds. The molecular weight excluding hydrogens is 284 g/mol. The maximum Gasteiger partial charge on any atom is 0.137 e. The van der Waals surface area contributed by atoms with Crippen LogP contribution in [0.15, 0.2) is 42.9 Å². The Bertz CT molecular complexity index is 849. The molecule has 0 radical (unpaired) electrons. The molecule has 4 nitrogen and oxygen atoms in total. The Hall–Kier alpha value is -2.80. The molecule has 0 bridgehead atoms. The van der Waals surface area contributed by atoms with Crippen LogP contribution in [0.5, 0.6) is 0 Å². The fraction of sp³-hybridized carbons (Fsp3) is 0.263. The van der Waals surface area contributed by atoms with Crippen LogP contribution >= 0.6 is 0 Å².